The number of likely N-dealkylation sites (N-methyl/N-ethyl adjacent to an activating group) is 1. The first-order valence-electron chi connectivity index (χ1n) is 10.3. The Kier molecular flexibility index (Phi) is 6.42. The number of imidazole rings is 1. The highest BCUT2D eigenvalue weighted by Crippen LogP contribution is 2.24. The van der Waals surface area contributed by atoms with Gasteiger partial charge in [0.2, 0.25) is 0 Å². The van der Waals surface area contributed by atoms with Crippen molar-refractivity contribution in [3.05, 3.63) is 84.1 Å². The van der Waals surface area contributed by atoms with Gasteiger partial charge in [0.25, 0.3) is 5.91 Å². The fourth-order valence-electron chi connectivity index (χ4n) is 3.33. The third-order valence-electron chi connectivity index (χ3n) is 5.09. The molecule has 164 valence electrons. The molecule has 0 aliphatic rings. The van der Waals surface area contributed by atoms with Crippen LogP contribution in [-0.4, -0.2) is 52.4 Å². The molecule has 0 fully saturated rings. The number of halogens is 1. The number of carbonyl (C=O) groups excluding carboxylic acids is 1. The predicted molar refractivity (Wildman–Crippen MR) is 123 cm³/mol. The Morgan fingerprint density at radius 3 is 2.53 bits per heavy atom. The van der Waals surface area contributed by atoms with Crippen molar-refractivity contribution >= 4 is 17.4 Å². The zero-order chi connectivity index (χ0) is 22.5. The average molecular weight is 433 g/mol. The minimum atomic E-state index is -0.260. The number of aromatic nitrogens is 3. The smallest absolute Gasteiger partial charge is 0.251 e. The first-order chi connectivity index (χ1) is 15.5. The van der Waals surface area contributed by atoms with Crippen LogP contribution in [0.15, 0.2) is 67.1 Å². The second-order valence-electron chi connectivity index (χ2n) is 7.73. The summed E-state index contributed by atoms with van der Waals surface area (Å²) in [5.74, 6) is 0.289. The Labute approximate surface area is 185 Å². The molecule has 0 aliphatic heterocycles. The molecule has 2 aromatic heterocycles. The molecular weight excluding hydrogens is 407 g/mol. The molecule has 2 heterocycles. The van der Waals surface area contributed by atoms with Gasteiger partial charge in [-0.25, -0.2) is 14.4 Å². The molecule has 0 unspecified atom stereocenters. The third-order valence-corrected chi connectivity index (χ3v) is 5.09. The molecule has 4 aromatic rings. The van der Waals surface area contributed by atoms with Gasteiger partial charge >= 0.3 is 0 Å². The van der Waals surface area contributed by atoms with Crippen molar-refractivity contribution in [3.8, 4) is 11.3 Å². The van der Waals surface area contributed by atoms with E-state index < -0.39 is 0 Å². The lowest BCUT2D eigenvalue weighted by Gasteiger charge is -2.11. The van der Waals surface area contributed by atoms with Gasteiger partial charge in [-0.1, -0.05) is 24.3 Å². The zero-order valence-corrected chi connectivity index (χ0v) is 18.0. The summed E-state index contributed by atoms with van der Waals surface area (Å²) in [6, 6.07) is 13.8. The van der Waals surface area contributed by atoms with Gasteiger partial charge in [0.15, 0.2) is 11.5 Å². The molecule has 0 aliphatic carbocycles. The lowest BCUT2D eigenvalue weighted by molar-refractivity contribution is 0.0951. The molecule has 0 spiro atoms. The number of rotatable bonds is 8. The summed E-state index contributed by atoms with van der Waals surface area (Å²) in [7, 11) is 3.94. The molecule has 8 heteroatoms. The SMILES string of the molecule is CN(C)CCNC(=O)c1ccc(-c2cnc3c(NCc4ccc(F)cc4)nccn23)cc1. The normalized spacial score (nSPS) is 11.1. The van der Waals surface area contributed by atoms with Crippen LogP contribution in [0.25, 0.3) is 16.9 Å². The minimum absolute atomic E-state index is 0.0898. The fourth-order valence-corrected chi connectivity index (χ4v) is 3.33. The van der Waals surface area contributed by atoms with Crippen LogP contribution in [0.5, 0.6) is 0 Å². The molecule has 0 bridgehead atoms. The van der Waals surface area contributed by atoms with E-state index in [1.807, 2.05) is 53.9 Å². The van der Waals surface area contributed by atoms with E-state index in [2.05, 4.69) is 20.6 Å². The average Bonchev–Trinajstić information content (AvgIpc) is 3.23. The molecule has 0 saturated heterocycles. The zero-order valence-electron chi connectivity index (χ0n) is 18.0. The van der Waals surface area contributed by atoms with Crippen molar-refractivity contribution in [2.75, 3.05) is 32.5 Å². The van der Waals surface area contributed by atoms with Crippen LogP contribution in [-0.2, 0) is 6.54 Å². The summed E-state index contributed by atoms with van der Waals surface area (Å²) in [6.45, 7) is 1.89. The van der Waals surface area contributed by atoms with Crippen LogP contribution in [0.4, 0.5) is 10.2 Å². The van der Waals surface area contributed by atoms with Crippen LogP contribution in [0.2, 0.25) is 0 Å². The lowest BCUT2D eigenvalue weighted by atomic mass is 10.1. The van der Waals surface area contributed by atoms with E-state index in [-0.39, 0.29) is 11.7 Å². The maximum Gasteiger partial charge on any atom is 0.251 e. The first kappa shape index (κ1) is 21.5. The molecule has 7 nitrogen and oxygen atoms in total. The quantitative estimate of drug-likeness (QED) is 0.446. The van der Waals surface area contributed by atoms with Gasteiger partial charge in [0.1, 0.15) is 5.82 Å². The molecule has 0 radical (unpaired) electrons. The topological polar surface area (TPSA) is 74.6 Å². The molecule has 1 amide bonds. The van der Waals surface area contributed by atoms with E-state index in [0.29, 0.717) is 30.1 Å². The second-order valence-corrected chi connectivity index (χ2v) is 7.73. The highest BCUT2D eigenvalue weighted by Gasteiger charge is 2.12. The number of nitrogens with zero attached hydrogens (tertiary/aromatic N) is 4. The molecule has 2 aromatic carbocycles. The van der Waals surface area contributed by atoms with E-state index in [1.165, 1.54) is 12.1 Å². The van der Waals surface area contributed by atoms with Gasteiger partial charge in [0, 0.05) is 43.2 Å². The highest BCUT2D eigenvalue weighted by molar-refractivity contribution is 5.94. The molecular formula is C24H25FN6O. The van der Waals surface area contributed by atoms with E-state index in [0.717, 1.165) is 23.4 Å². The predicted octanol–water partition coefficient (Wildman–Crippen LogP) is 3.44. The van der Waals surface area contributed by atoms with E-state index in [1.54, 1.807) is 24.5 Å². The van der Waals surface area contributed by atoms with Crippen molar-refractivity contribution in [2.45, 2.75) is 6.54 Å². The lowest BCUT2D eigenvalue weighted by Crippen LogP contribution is -2.31. The van der Waals surface area contributed by atoms with Crippen LogP contribution >= 0.6 is 0 Å². The maximum atomic E-state index is 13.1. The Bertz CT molecular complexity index is 1200. The highest BCUT2D eigenvalue weighted by atomic mass is 19.1. The van der Waals surface area contributed by atoms with Gasteiger partial charge in [-0.05, 0) is 43.9 Å². The Balaban J connectivity index is 1.49. The number of hydrogen-bond acceptors (Lipinski definition) is 5. The van der Waals surface area contributed by atoms with Crippen LogP contribution < -0.4 is 10.6 Å². The first-order valence-corrected chi connectivity index (χ1v) is 10.3. The van der Waals surface area contributed by atoms with Gasteiger partial charge in [-0.3, -0.25) is 9.20 Å². The van der Waals surface area contributed by atoms with Gasteiger partial charge in [-0.2, -0.15) is 0 Å². The largest absolute Gasteiger partial charge is 0.363 e. The van der Waals surface area contributed by atoms with Crippen LogP contribution in [0, 0.1) is 5.82 Å². The second kappa shape index (κ2) is 9.57. The number of anilines is 1. The van der Waals surface area contributed by atoms with Gasteiger partial charge in [-0.15, -0.1) is 0 Å². The maximum absolute atomic E-state index is 13.1. The number of amides is 1. The molecule has 0 saturated carbocycles. The standard InChI is InChI=1S/C24H25FN6O/c1-30(2)13-11-27-24(32)19-7-5-18(6-8-19)21-16-29-23-22(26-12-14-31(21)23)28-15-17-3-9-20(25)10-4-17/h3-10,12,14,16H,11,13,15H2,1-2H3,(H,26,28)(H,27,32). The number of carbonyl (C=O) groups is 1. The summed E-state index contributed by atoms with van der Waals surface area (Å²) in [5, 5.41) is 6.18. The van der Waals surface area contributed by atoms with Crippen molar-refractivity contribution in [1.29, 1.82) is 0 Å². The van der Waals surface area contributed by atoms with Crippen molar-refractivity contribution in [1.82, 2.24) is 24.6 Å². The van der Waals surface area contributed by atoms with E-state index >= 15 is 0 Å². The monoisotopic (exact) mass is 432 g/mol. The summed E-state index contributed by atoms with van der Waals surface area (Å²) in [6.07, 6.45) is 5.34. The summed E-state index contributed by atoms with van der Waals surface area (Å²) >= 11 is 0. The number of fused-ring (bicyclic) bond motifs is 1. The minimum Gasteiger partial charge on any atom is -0.363 e. The van der Waals surface area contributed by atoms with E-state index in [4.69, 9.17) is 0 Å². The van der Waals surface area contributed by atoms with Crippen molar-refractivity contribution in [3.63, 3.8) is 0 Å². The number of nitrogens with one attached hydrogen (secondary N) is 2. The third kappa shape index (κ3) is 4.92. The van der Waals surface area contributed by atoms with Gasteiger partial charge in [0.05, 0.1) is 11.9 Å². The summed E-state index contributed by atoms with van der Waals surface area (Å²) in [4.78, 5) is 23.3. The molecule has 4 rings (SSSR count). The van der Waals surface area contributed by atoms with Gasteiger partial charge < -0.3 is 15.5 Å². The Hall–Kier alpha value is -3.78. The number of hydrogen-bond donors (Lipinski definition) is 2. The Morgan fingerprint density at radius 1 is 1.06 bits per heavy atom. The number of benzene rings is 2. The van der Waals surface area contributed by atoms with Crippen molar-refractivity contribution < 1.29 is 9.18 Å². The summed E-state index contributed by atoms with van der Waals surface area (Å²) < 4.78 is 15.1. The Morgan fingerprint density at radius 2 is 1.81 bits per heavy atom. The molecule has 32 heavy (non-hydrogen) atoms. The fraction of sp³-hybridized carbons (Fsp3) is 0.208. The van der Waals surface area contributed by atoms with Crippen LogP contribution in [0.1, 0.15) is 15.9 Å². The van der Waals surface area contributed by atoms with Crippen LogP contribution in [0.3, 0.4) is 0 Å². The molecule has 2 N–H and O–H groups in total. The van der Waals surface area contributed by atoms with Crippen molar-refractivity contribution in [2.24, 2.45) is 0 Å². The van der Waals surface area contributed by atoms with E-state index in [9.17, 15) is 9.18 Å². The summed E-state index contributed by atoms with van der Waals surface area (Å²) in [5.41, 5.74) is 4.09. The molecule has 0 atom stereocenters.